The van der Waals surface area contributed by atoms with Crippen molar-refractivity contribution in [3.05, 3.63) is 34.6 Å². The number of carboxylic acids is 1. The van der Waals surface area contributed by atoms with Gasteiger partial charge in [0.25, 0.3) is 0 Å². The molecule has 2 rings (SSSR count). The van der Waals surface area contributed by atoms with E-state index in [1.165, 1.54) is 0 Å². The van der Waals surface area contributed by atoms with Gasteiger partial charge in [0, 0.05) is 17.5 Å². The number of rotatable bonds is 1. The average molecular weight is 259 g/mol. The zero-order chi connectivity index (χ0) is 13.7. The van der Waals surface area contributed by atoms with E-state index in [0.717, 1.165) is 6.07 Å². The Balaban J connectivity index is 2.75. The Morgan fingerprint density at radius 1 is 1.39 bits per heavy atom. The first-order chi connectivity index (χ1) is 8.25. The molecule has 0 saturated carbocycles. The van der Waals surface area contributed by atoms with Gasteiger partial charge in [0.1, 0.15) is 6.04 Å². The van der Waals surface area contributed by atoms with Gasteiger partial charge < -0.3 is 5.11 Å². The lowest BCUT2D eigenvalue weighted by Gasteiger charge is -2.36. The number of aliphatic carboxylic acids is 1. The highest BCUT2D eigenvalue weighted by molar-refractivity contribution is 5.77. The van der Waals surface area contributed by atoms with Crippen LogP contribution in [0, 0.1) is 17.5 Å². The quantitative estimate of drug-likeness (QED) is 0.759. The summed E-state index contributed by atoms with van der Waals surface area (Å²) >= 11 is 0. The van der Waals surface area contributed by atoms with Crippen molar-refractivity contribution < 1.29 is 23.1 Å². The molecule has 0 radical (unpaired) electrons. The third kappa shape index (κ3) is 1.77. The van der Waals surface area contributed by atoms with Crippen molar-refractivity contribution in [3.8, 4) is 0 Å². The minimum atomic E-state index is -1.56. The molecule has 1 atom stereocenters. The summed E-state index contributed by atoms with van der Waals surface area (Å²) in [5, 5.41) is 11.7. The second kappa shape index (κ2) is 3.98. The van der Waals surface area contributed by atoms with Crippen molar-refractivity contribution in [2.45, 2.75) is 25.3 Å². The van der Waals surface area contributed by atoms with Crippen molar-refractivity contribution in [2.24, 2.45) is 0 Å². The van der Waals surface area contributed by atoms with Crippen LogP contribution in [0.2, 0.25) is 0 Å². The van der Waals surface area contributed by atoms with Crippen LogP contribution in [0.25, 0.3) is 0 Å². The summed E-state index contributed by atoms with van der Waals surface area (Å²) in [5.41, 5.74) is -0.942. The van der Waals surface area contributed by atoms with Crippen molar-refractivity contribution in [2.75, 3.05) is 6.54 Å². The lowest BCUT2D eigenvalue weighted by Crippen LogP contribution is -2.45. The minimum Gasteiger partial charge on any atom is -0.480 e. The fraction of sp³-hybridized carbons (Fsp3) is 0.417. The molecule has 2 N–H and O–H groups in total. The third-order valence-electron chi connectivity index (χ3n) is 3.18. The zero-order valence-electron chi connectivity index (χ0n) is 9.85. The molecule has 0 aliphatic carbocycles. The minimum absolute atomic E-state index is 0.0600. The number of carbonyl (C=O) groups is 1. The zero-order valence-corrected chi connectivity index (χ0v) is 9.85. The molecule has 0 fully saturated rings. The highest BCUT2D eigenvalue weighted by atomic mass is 19.2. The van der Waals surface area contributed by atoms with E-state index in [0.29, 0.717) is 0 Å². The first kappa shape index (κ1) is 12.9. The molecule has 0 spiro atoms. The van der Waals surface area contributed by atoms with Crippen molar-refractivity contribution in [1.29, 1.82) is 0 Å². The Hall–Kier alpha value is -1.56. The van der Waals surface area contributed by atoms with Crippen LogP contribution in [0.3, 0.4) is 0 Å². The highest BCUT2D eigenvalue weighted by Gasteiger charge is 2.39. The van der Waals surface area contributed by atoms with Gasteiger partial charge >= 0.3 is 5.97 Å². The molecule has 1 unspecified atom stereocenters. The van der Waals surface area contributed by atoms with Crippen molar-refractivity contribution in [3.63, 3.8) is 0 Å². The lowest BCUT2D eigenvalue weighted by molar-refractivity contribution is -0.140. The number of nitrogens with one attached hydrogen (secondary N) is 1. The summed E-state index contributed by atoms with van der Waals surface area (Å²) in [5.74, 6) is -5.50. The van der Waals surface area contributed by atoms with E-state index in [-0.39, 0.29) is 17.7 Å². The summed E-state index contributed by atoms with van der Waals surface area (Å²) < 4.78 is 40.3. The second-order valence-electron chi connectivity index (χ2n) is 4.99. The molecule has 0 amide bonds. The summed E-state index contributed by atoms with van der Waals surface area (Å²) in [6.45, 7) is 3.44. The van der Waals surface area contributed by atoms with E-state index in [1.807, 2.05) is 0 Å². The van der Waals surface area contributed by atoms with Gasteiger partial charge in [-0.2, -0.15) is 0 Å². The monoisotopic (exact) mass is 259 g/mol. The van der Waals surface area contributed by atoms with Crippen LogP contribution in [-0.4, -0.2) is 17.6 Å². The van der Waals surface area contributed by atoms with Crippen LogP contribution >= 0.6 is 0 Å². The topological polar surface area (TPSA) is 49.3 Å². The van der Waals surface area contributed by atoms with Gasteiger partial charge in [0.2, 0.25) is 0 Å². The smallest absolute Gasteiger partial charge is 0.325 e. The van der Waals surface area contributed by atoms with Crippen LogP contribution in [-0.2, 0) is 10.2 Å². The molecule has 98 valence electrons. The molecule has 0 bridgehead atoms. The fourth-order valence-corrected chi connectivity index (χ4v) is 2.30. The fourth-order valence-electron chi connectivity index (χ4n) is 2.30. The third-order valence-corrected chi connectivity index (χ3v) is 3.18. The summed E-state index contributed by atoms with van der Waals surface area (Å²) in [6.07, 6.45) is 0. The Morgan fingerprint density at radius 3 is 2.56 bits per heavy atom. The average Bonchev–Trinajstić information content (AvgIpc) is 2.24. The maximum atomic E-state index is 13.8. The molecular weight excluding hydrogens is 247 g/mol. The Kier molecular flexibility index (Phi) is 2.85. The van der Waals surface area contributed by atoms with E-state index in [9.17, 15) is 18.0 Å². The van der Waals surface area contributed by atoms with E-state index in [4.69, 9.17) is 5.11 Å². The SMILES string of the molecule is CC1(C)CNC(C(=O)O)c2cc(F)c(F)c(F)c21. The summed E-state index contributed by atoms with van der Waals surface area (Å²) in [7, 11) is 0. The van der Waals surface area contributed by atoms with E-state index in [2.05, 4.69) is 5.32 Å². The molecule has 1 aliphatic heterocycles. The first-order valence-corrected chi connectivity index (χ1v) is 5.40. The number of hydrogen-bond donors (Lipinski definition) is 2. The summed E-state index contributed by atoms with van der Waals surface area (Å²) in [4.78, 5) is 11.0. The van der Waals surface area contributed by atoms with Crippen LogP contribution in [0.4, 0.5) is 13.2 Å². The van der Waals surface area contributed by atoms with Gasteiger partial charge in [-0.25, -0.2) is 13.2 Å². The second-order valence-corrected chi connectivity index (χ2v) is 4.99. The number of carboxylic acid groups (broad SMARTS) is 1. The molecule has 3 nitrogen and oxygen atoms in total. The Morgan fingerprint density at radius 2 is 2.00 bits per heavy atom. The number of fused-ring (bicyclic) bond motifs is 1. The Labute approximate surface area is 102 Å². The van der Waals surface area contributed by atoms with Crippen LogP contribution in [0.5, 0.6) is 0 Å². The van der Waals surface area contributed by atoms with E-state index >= 15 is 0 Å². The van der Waals surface area contributed by atoms with Gasteiger partial charge in [0.15, 0.2) is 17.5 Å². The van der Waals surface area contributed by atoms with Crippen LogP contribution in [0.15, 0.2) is 6.07 Å². The maximum Gasteiger partial charge on any atom is 0.325 e. The Bertz CT molecular complexity index is 529. The molecule has 1 heterocycles. The van der Waals surface area contributed by atoms with Crippen molar-refractivity contribution >= 4 is 5.97 Å². The predicted octanol–water partition coefficient (Wildman–Crippen LogP) is 2.11. The van der Waals surface area contributed by atoms with Crippen molar-refractivity contribution in [1.82, 2.24) is 5.32 Å². The normalized spacial score (nSPS) is 21.5. The standard InChI is InChI=1S/C12H12F3NO2/c1-12(2)4-16-10(11(17)18)5-3-6(13)8(14)9(15)7(5)12/h3,10,16H,4H2,1-2H3,(H,17,18). The number of halogens is 3. The lowest BCUT2D eigenvalue weighted by atomic mass is 9.76. The van der Waals surface area contributed by atoms with Crippen LogP contribution in [0.1, 0.15) is 31.0 Å². The molecule has 18 heavy (non-hydrogen) atoms. The largest absolute Gasteiger partial charge is 0.480 e. The van der Waals surface area contributed by atoms with E-state index < -0.39 is 34.9 Å². The molecule has 6 heteroatoms. The predicted molar refractivity (Wildman–Crippen MR) is 57.7 cm³/mol. The van der Waals surface area contributed by atoms with Gasteiger partial charge in [0.05, 0.1) is 0 Å². The summed E-state index contributed by atoms with van der Waals surface area (Å²) in [6, 6.07) is -0.474. The number of benzene rings is 1. The van der Waals surface area contributed by atoms with Gasteiger partial charge in [-0.1, -0.05) is 13.8 Å². The number of hydrogen-bond acceptors (Lipinski definition) is 2. The van der Waals surface area contributed by atoms with E-state index in [1.54, 1.807) is 13.8 Å². The highest BCUT2D eigenvalue weighted by Crippen LogP contribution is 2.38. The van der Waals surface area contributed by atoms with Gasteiger partial charge in [-0.15, -0.1) is 0 Å². The molecule has 1 aliphatic rings. The van der Waals surface area contributed by atoms with Gasteiger partial charge in [-0.05, 0) is 11.6 Å². The first-order valence-electron chi connectivity index (χ1n) is 5.40. The molecule has 0 aromatic heterocycles. The van der Waals surface area contributed by atoms with Gasteiger partial charge in [-0.3, -0.25) is 10.1 Å². The maximum absolute atomic E-state index is 13.8. The molecular formula is C12H12F3NO2. The molecule has 1 aromatic rings. The van der Waals surface area contributed by atoms with Crippen LogP contribution < -0.4 is 5.32 Å². The molecule has 0 saturated heterocycles. The molecule has 1 aromatic carbocycles.